The average Bonchev–Trinajstić information content (AvgIpc) is 2.42. The molecule has 4 nitrogen and oxygen atoms in total. The van der Waals surface area contributed by atoms with Crippen LogP contribution < -0.4 is 10.6 Å². The monoisotopic (exact) mass is 442 g/mol. The first-order chi connectivity index (χ1) is 10.0. The highest BCUT2D eigenvalue weighted by Gasteiger charge is 2.12. The summed E-state index contributed by atoms with van der Waals surface area (Å²) in [5, 5.41) is 6.67. The normalized spacial score (nSPS) is 11.7. The van der Waals surface area contributed by atoms with E-state index in [1.165, 1.54) is 0 Å². The lowest BCUT2D eigenvalue weighted by atomic mass is 10.2. The number of nitrogens with zero attached hydrogens (tertiary/aromatic N) is 2. The van der Waals surface area contributed by atoms with Gasteiger partial charge in [-0.05, 0) is 34.6 Å². The second-order valence-corrected chi connectivity index (χ2v) is 6.63. The lowest BCUT2D eigenvalue weighted by Gasteiger charge is -2.29. The van der Waals surface area contributed by atoms with Crippen molar-refractivity contribution in [3.8, 4) is 0 Å². The molecule has 0 heterocycles. The highest BCUT2D eigenvalue weighted by molar-refractivity contribution is 14.0. The molecule has 0 atom stereocenters. The summed E-state index contributed by atoms with van der Waals surface area (Å²) in [6, 6.07) is 1.12. The van der Waals surface area contributed by atoms with Gasteiger partial charge in [0.1, 0.15) is 0 Å². The number of thioether (sulfide) groups is 1. The first-order valence-electron chi connectivity index (χ1n) is 7.99. The first-order valence-corrected chi connectivity index (χ1v) is 9.14. The summed E-state index contributed by atoms with van der Waals surface area (Å²) >= 11 is 1.88. The van der Waals surface area contributed by atoms with Crippen LogP contribution in [0.1, 0.15) is 34.6 Å². The van der Waals surface area contributed by atoms with E-state index in [1.807, 2.05) is 17.8 Å². The summed E-state index contributed by atoms with van der Waals surface area (Å²) in [4.78, 5) is 7.12. The van der Waals surface area contributed by atoms with E-state index in [4.69, 9.17) is 0 Å². The lowest BCUT2D eigenvalue weighted by Crippen LogP contribution is -2.41. The van der Waals surface area contributed by atoms with E-state index in [2.05, 4.69) is 61.7 Å². The largest absolute Gasteiger partial charge is 0.357 e. The minimum absolute atomic E-state index is 0. The Morgan fingerprint density at radius 2 is 1.86 bits per heavy atom. The van der Waals surface area contributed by atoms with Crippen LogP contribution in [0, 0.1) is 0 Å². The fraction of sp³-hybridized carbons (Fsp3) is 0.812. The Balaban J connectivity index is 0. The molecule has 6 heteroatoms. The first kappa shape index (κ1) is 24.3. The van der Waals surface area contributed by atoms with Crippen LogP contribution in [-0.2, 0) is 0 Å². The molecule has 22 heavy (non-hydrogen) atoms. The number of nitrogens with one attached hydrogen (secondary N) is 2. The van der Waals surface area contributed by atoms with Crippen molar-refractivity contribution in [2.45, 2.75) is 46.7 Å². The third-order valence-corrected chi connectivity index (χ3v) is 4.04. The highest BCUT2D eigenvalue weighted by Crippen LogP contribution is 2.03. The van der Waals surface area contributed by atoms with E-state index in [9.17, 15) is 0 Å². The molecule has 0 radical (unpaired) electrons. The summed E-state index contributed by atoms with van der Waals surface area (Å²) in [5.41, 5.74) is 0. The molecule has 0 saturated carbocycles. The van der Waals surface area contributed by atoms with Gasteiger partial charge in [-0.1, -0.05) is 6.08 Å². The zero-order valence-electron chi connectivity index (χ0n) is 14.9. The predicted octanol–water partition coefficient (Wildman–Crippen LogP) is 3.20. The van der Waals surface area contributed by atoms with Crippen LogP contribution in [0.4, 0.5) is 0 Å². The molecule has 0 aliphatic carbocycles. The fourth-order valence-corrected chi connectivity index (χ4v) is 2.72. The van der Waals surface area contributed by atoms with Crippen molar-refractivity contribution < 1.29 is 0 Å². The van der Waals surface area contributed by atoms with Gasteiger partial charge in [0.15, 0.2) is 5.96 Å². The molecule has 0 aromatic rings. The van der Waals surface area contributed by atoms with Gasteiger partial charge in [-0.3, -0.25) is 9.89 Å². The van der Waals surface area contributed by atoms with Crippen LogP contribution in [0.15, 0.2) is 17.6 Å². The third kappa shape index (κ3) is 12.6. The molecule has 0 fully saturated rings. The van der Waals surface area contributed by atoms with Gasteiger partial charge in [0, 0.05) is 43.2 Å². The SMILES string of the molecule is C=CCSCCNC(=NCCN(C(C)C)C(C)C)NCC.I. The molecule has 0 saturated heterocycles. The lowest BCUT2D eigenvalue weighted by molar-refractivity contribution is 0.181. The Hall–Kier alpha value is 0.0500. The van der Waals surface area contributed by atoms with Gasteiger partial charge >= 0.3 is 0 Å². The fourth-order valence-electron chi connectivity index (χ4n) is 2.14. The minimum atomic E-state index is 0. The Bertz CT molecular complexity index is 288. The van der Waals surface area contributed by atoms with Crippen molar-refractivity contribution in [3.63, 3.8) is 0 Å². The third-order valence-electron chi connectivity index (χ3n) is 3.07. The van der Waals surface area contributed by atoms with E-state index >= 15 is 0 Å². The number of hydrogen-bond acceptors (Lipinski definition) is 3. The molecule has 0 unspecified atom stereocenters. The predicted molar refractivity (Wildman–Crippen MR) is 114 cm³/mol. The molecule has 2 N–H and O–H groups in total. The standard InChI is InChI=1S/C16H34N4S.HI/c1-7-12-21-13-10-19-16(17-8-2)18-9-11-20(14(3)4)15(5)6;/h7,14-15H,1,8-13H2,2-6H3,(H2,17,18,19);1H. The number of halogens is 1. The van der Waals surface area contributed by atoms with Crippen LogP contribution in [0.3, 0.4) is 0 Å². The van der Waals surface area contributed by atoms with Crippen molar-refractivity contribution >= 4 is 41.7 Å². The molecule has 0 amide bonds. The van der Waals surface area contributed by atoms with Crippen molar-refractivity contribution in [2.24, 2.45) is 4.99 Å². The van der Waals surface area contributed by atoms with Gasteiger partial charge in [0.05, 0.1) is 6.54 Å². The second-order valence-electron chi connectivity index (χ2n) is 5.48. The molecular weight excluding hydrogens is 407 g/mol. The van der Waals surface area contributed by atoms with Gasteiger partial charge in [-0.2, -0.15) is 11.8 Å². The van der Waals surface area contributed by atoms with E-state index in [1.54, 1.807) is 0 Å². The average molecular weight is 442 g/mol. The van der Waals surface area contributed by atoms with E-state index in [0.717, 1.165) is 43.6 Å². The Morgan fingerprint density at radius 1 is 1.23 bits per heavy atom. The second kappa shape index (κ2) is 15.9. The van der Waals surface area contributed by atoms with Gasteiger partial charge in [0.25, 0.3) is 0 Å². The number of guanidine groups is 1. The van der Waals surface area contributed by atoms with Crippen LogP contribution in [-0.4, -0.2) is 60.6 Å². The molecule has 0 aliphatic rings. The molecule has 0 aromatic carbocycles. The van der Waals surface area contributed by atoms with Gasteiger partial charge in [-0.25, -0.2) is 0 Å². The van der Waals surface area contributed by atoms with Crippen LogP contribution in [0.25, 0.3) is 0 Å². The van der Waals surface area contributed by atoms with Crippen molar-refractivity contribution in [1.82, 2.24) is 15.5 Å². The Morgan fingerprint density at radius 3 is 2.36 bits per heavy atom. The Labute approximate surface area is 159 Å². The summed E-state index contributed by atoms with van der Waals surface area (Å²) in [7, 11) is 0. The van der Waals surface area contributed by atoms with Gasteiger partial charge in [-0.15, -0.1) is 30.6 Å². The molecule has 0 aliphatic heterocycles. The quantitative estimate of drug-likeness (QED) is 0.170. The van der Waals surface area contributed by atoms with Crippen LogP contribution in [0.5, 0.6) is 0 Å². The van der Waals surface area contributed by atoms with Gasteiger partial charge in [0.2, 0.25) is 0 Å². The van der Waals surface area contributed by atoms with E-state index in [0.29, 0.717) is 12.1 Å². The molecule has 0 spiro atoms. The number of hydrogen-bond donors (Lipinski definition) is 2. The molecule has 0 bridgehead atoms. The maximum absolute atomic E-state index is 4.66. The zero-order chi connectivity index (χ0) is 16.1. The van der Waals surface area contributed by atoms with Gasteiger partial charge < -0.3 is 10.6 Å². The van der Waals surface area contributed by atoms with Crippen LogP contribution in [0.2, 0.25) is 0 Å². The maximum Gasteiger partial charge on any atom is 0.191 e. The summed E-state index contributed by atoms with van der Waals surface area (Å²) < 4.78 is 0. The summed E-state index contributed by atoms with van der Waals surface area (Å²) in [6.45, 7) is 18.4. The summed E-state index contributed by atoms with van der Waals surface area (Å²) in [5.74, 6) is 3.00. The molecule has 132 valence electrons. The number of aliphatic imine (C=N–C) groups is 1. The summed E-state index contributed by atoms with van der Waals surface area (Å²) in [6.07, 6.45) is 1.94. The topological polar surface area (TPSA) is 39.7 Å². The molecule has 0 aromatic heterocycles. The minimum Gasteiger partial charge on any atom is -0.357 e. The molecule has 0 rings (SSSR count). The smallest absolute Gasteiger partial charge is 0.191 e. The van der Waals surface area contributed by atoms with Crippen molar-refractivity contribution in [2.75, 3.05) is 37.7 Å². The van der Waals surface area contributed by atoms with Crippen molar-refractivity contribution in [1.29, 1.82) is 0 Å². The highest BCUT2D eigenvalue weighted by atomic mass is 127. The number of rotatable bonds is 11. The zero-order valence-corrected chi connectivity index (χ0v) is 18.0. The Kier molecular flexibility index (Phi) is 17.6. The van der Waals surface area contributed by atoms with E-state index < -0.39 is 0 Å². The van der Waals surface area contributed by atoms with Crippen LogP contribution >= 0.6 is 35.7 Å². The van der Waals surface area contributed by atoms with E-state index in [-0.39, 0.29) is 24.0 Å². The molecular formula is C16H35IN4S. The van der Waals surface area contributed by atoms with Crippen molar-refractivity contribution in [3.05, 3.63) is 12.7 Å². The maximum atomic E-state index is 4.66.